The molecule has 2 aliphatic heterocycles. The largest absolute Gasteiger partial charge is 0.337 e. The standard InChI is InChI=1S/C11H13BrN2OS.ClH/c12-9-1-10(16-6-9)11(15)14-4-7-2-13-3-8(7)5-14;/h1,6-8,13H,2-5H2;1H/t7-,8+;. The SMILES string of the molecule is Cl.O=C(c1cc(Br)cs1)N1C[C@H]2CNC[C@H]2C1. The van der Waals surface area contributed by atoms with E-state index >= 15 is 0 Å². The molecule has 2 atom stereocenters. The number of rotatable bonds is 1. The summed E-state index contributed by atoms with van der Waals surface area (Å²) < 4.78 is 1.00. The molecule has 6 heteroatoms. The number of carbonyl (C=O) groups excluding carboxylic acids is 1. The van der Waals surface area contributed by atoms with Crippen LogP contribution in [0.4, 0.5) is 0 Å². The number of hydrogen-bond acceptors (Lipinski definition) is 3. The van der Waals surface area contributed by atoms with Crippen molar-refractivity contribution in [2.75, 3.05) is 26.2 Å². The summed E-state index contributed by atoms with van der Waals surface area (Å²) in [6, 6.07) is 1.92. The third kappa shape index (κ3) is 2.52. The average Bonchev–Trinajstić information content (AvgIpc) is 2.89. The fourth-order valence-electron chi connectivity index (χ4n) is 2.60. The van der Waals surface area contributed by atoms with Crippen molar-refractivity contribution in [1.82, 2.24) is 10.2 Å². The van der Waals surface area contributed by atoms with Crippen LogP contribution in [-0.2, 0) is 0 Å². The molecule has 0 spiro atoms. The number of thiophene rings is 1. The number of likely N-dealkylation sites (tertiary alicyclic amines) is 1. The van der Waals surface area contributed by atoms with E-state index in [9.17, 15) is 4.79 Å². The normalized spacial score (nSPS) is 26.8. The Kier molecular flexibility index (Phi) is 4.13. The zero-order chi connectivity index (χ0) is 11.1. The Balaban J connectivity index is 0.00000108. The van der Waals surface area contributed by atoms with Gasteiger partial charge in [0.25, 0.3) is 5.91 Å². The van der Waals surface area contributed by atoms with E-state index in [0.29, 0.717) is 11.8 Å². The molecule has 1 aromatic heterocycles. The van der Waals surface area contributed by atoms with Gasteiger partial charge >= 0.3 is 0 Å². The lowest BCUT2D eigenvalue weighted by Crippen LogP contribution is -2.31. The van der Waals surface area contributed by atoms with Gasteiger partial charge in [0, 0.05) is 36.0 Å². The molecule has 2 aliphatic rings. The number of amides is 1. The maximum absolute atomic E-state index is 12.2. The summed E-state index contributed by atoms with van der Waals surface area (Å²) in [4.78, 5) is 15.0. The van der Waals surface area contributed by atoms with E-state index in [1.807, 2.05) is 16.3 Å². The number of carbonyl (C=O) groups is 1. The van der Waals surface area contributed by atoms with Crippen LogP contribution in [0.25, 0.3) is 0 Å². The molecule has 3 nitrogen and oxygen atoms in total. The number of halogens is 2. The predicted octanol–water partition coefficient (Wildman–Crippen LogP) is 2.22. The summed E-state index contributed by atoms with van der Waals surface area (Å²) in [6.07, 6.45) is 0. The smallest absolute Gasteiger partial charge is 0.263 e. The first kappa shape index (κ1) is 13.3. The first-order valence-corrected chi connectivity index (χ1v) is 7.15. The first-order valence-electron chi connectivity index (χ1n) is 5.48. The van der Waals surface area contributed by atoms with Crippen LogP contribution in [0.5, 0.6) is 0 Å². The molecule has 94 valence electrons. The van der Waals surface area contributed by atoms with E-state index in [2.05, 4.69) is 21.2 Å². The second kappa shape index (κ2) is 5.26. The number of fused-ring (bicyclic) bond motifs is 1. The van der Waals surface area contributed by atoms with Gasteiger partial charge in [-0.3, -0.25) is 4.79 Å². The molecule has 3 rings (SSSR count). The minimum Gasteiger partial charge on any atom is -0.337 e. The third-order valence-corrected chi connectivity index (χ3v) is 5.13. The lowest BCUT2D eigenvalue weighted by atomic mass is 10.0. The zero-order valence-corrected chi connectivity index (χ0v) is 12.4. The highest BCUT2D eigenvalue weighted by molar-refractivity contribution is 9.10. The monoisotopic (exact) mass is 336 g/mol. The van der Waals surface area contributed by atoms with Gasteiger partial charge in [-0.1, -0.05) is 0 Å². The van der Waals surface area contributed by atoms with Gasteiger partial charge in [0.05, 0.1) is 4.88 Å². The van der Waals surface area contributed by atoms with Crippen molar-refractivity contribution < 1.29 is 4.79 Å². The maximum atomic E-state index is 12.2. The van der Waals surface area contributed by atoms with E-state index in [0.717, 1.165) is 35.5 Å². The Hall–Kier alpha value is -0.100. The van der Waals surface area contributed by atoms with E-state index in [1.165, 1.54) is 11.3 Å². The summed E-state index contributed by atoms with van der Waals surface area (Å²) in [7, 11) is 0. The van der Waals surface area contributed by atoms with E-state index in [1.54, 1.807) is 0 Å². The van der Waals surface area contributed by atoms with Gasteiger partial charge < -0.3 is 10.2 Å². The third-order valence-electron chi connectivity index (χ3n) is 3.45. The van der Waals surface area contributed by atoms with Crippen LogP contribution >= 0.6 is 39.7 Å². The van der Waals surface area contributed by atoms with Crippen molar-refractivity contribution in [3.8, 4) is 0 Å². The molecule has 2 fully saturated rings. The Morgan fingerprint density at radius 1 is 1.41 bits per heavy atom. The molecule has 1 N–H and O–H groups in total. The molecule has 0 aliphatic carbocycles. The van der Waals surface area contributed by atoms with Crippen LogP contribution in [0.2, 0.25) is 0 Å². The van der Waals surface area contributed by atoms with Crippen molar-refractivity contribution in [3.05, 3.63) is 20.8 Å². The molecule has 0 saturated carbocycles. The minimum atomic E-state index is 0. The van der Waals surface area contributed by atoms with Gasteiger partial charge in [-0.2, -0.15) is 0 Å². The fraction of sp³-hybridized carbons (Fsp3) is 0.545. The Bertz CT molecular complexity index is 413. The van der Waals surface area contributed by atoms with E-state index in [4.69, 9.17) is 0 Å². The summed E-state index contributed by atoms with van der Waals surface area (Å²) >= 11 is 4.91. The van der Waals surface area contributed by atoms with Crippen LogP contribution in [0.15, 0.2) is 15.9 Å². The summed E-state index contributed by atoms with van der Waals surface area (Å²) in [5, 5.41) is 5.35. The topological polar surface area (TPSA) is 32.3 Å². The molecule has 1 amide bonds. The molecule has 0 unspecified atom stereocenters. The molecular formula is C11H14BrClN2OS. The summed E-state index contributed by atoms with van der Waals surface area (Å²) in [5.41, 5.74) is 0. The highest BCUT2D eigenvalue weighted by Gasteiger charge is 2.38. The molecule has 1 aromatic rings. The van der Waals surface area contributed by atoms with E-state index in [-0.39, 0.29) is 18.3 Å². The average molecular weight is 338 g/mol. The van der Waals surface area contributed by atoms with Gasteiger partial charge in [-0.25, -0.2) is 0 Å². The highest BCUT2D eigenvalue weighted by atomic mass is 79.9. The predicted molar refractivity (Wildman–Crippen MR) is 75.0 cm³/mol. The zero-order valence-electron chi connectivity index (χ0n) is 9.19. The Morgan fingerprint density at radius 2 is 2.06 bits per heavy atom. The van der Waals surface area contributed by atoms with Crippen LogP contribution in [0, 0.1) is 11.8 Å². The lowest BCUT2D eigenvalue weighted by Gasteiger charge is -2.16. The minimum absolute atomic E-state index is 0. The van der Waals surface area contributed by atoms with Crippen molar-refractivity contribution >= 4 is 45.6 Å². The molecule has 0 radical (unpaired) electrons. The maximum Gasteiger partial charge on any atom is 0.263 e. The molecule has 2 saturated heterocycles. The van der Waals surface area contributed by atoms with Gasteiger partial charge in [0.1, 0.15) is 0 Å². The van der Waals surface area contributed by atoms with E-state index < -0.39 is 0 Å². The second-order valence-corrected chi connectivity index (χ2v) is 6.34. The lowest BCUT2D eigenvalue weighted by molar-refractivity contribution is 0.0786. The molecule has 0 aromatic carbocycles. The number of nitrogens with one attached hydrogen (secondary N) is 1. The van der Waals surface area contributed by atoms with Crippen molar-refractivity contribution in [3.63, 3.8) is 0 Å². The van der Waals surface area contributed by atoms with Gasteiger partial charge in [-0.05, 0) is 33.8 Å². The summed E-state index contributed by atoms with van der Waals surface area (Å²) in [6.45, 7) is 3.99. The van der Waals surface area contributed by atoms with Gasteiger partial charge in [0.15, 0.2) is 0 Å². The highest BCUT2D eigenvalue weighted by Crippen LogP contribution is 2.29. The van der Waals surface area contributed by atoms with Crippen LogP contribution in [0.3, 0.4) is 0 Å². The first-order chi connectivity index (χ1) is 7.74. The van der Waals surface area contributed by atoms with Gasteiger partial charge in [-0.15, -0.1) is 23.7 Å². The Labute approximate surface area is 119 Å². The Morgan fingerprint density at radius 3 is 2.59 bits per heavy atom. The number of hydrogen-bond donors (Lipinski definition) is 1. The van der Waals surface area contributed by atoms with Crippen LogP contribution in [-0.4, -0.2) is 37.0 Å². The second-order valence-electron chi connectivity index (χ2n) is 4.52. The number of nitrogens with zero attached hydrogens (tertiary/aromatic N) is 1. The molecule has 3 heterocycles. The fourth-order valence-corrected chi connectivity index (χ4v) is 4.00. The summed E-state index contributed by atoms with van der Waals surface area (Å²) in [5.74, 6) is 1.55. The molecular weight excluding hydrogens is 324 g/mol. The van der Waals surface area contributed by atoms with Crippen molar-refractivity contribution in [1.29, 1.82) is 0 Å². The van der Waals surface area contributed by atoms with Crippen molar-refractivity contribution in [2.24, 2.45) is 11.8 Å². The molecule has 17 heavy (non-hydrogen) atoms. The molecule has 0 bridgehead atoms. The quantitative estimate of drug-likeness (QED) is 0.852. The van der Waals surface area contributed by atoms with Crippen LogP contribution < -0.4 is 5.32 Å². The van der Waals surface area contributed by atoms with Crippen LogP contribution in [0.1, 0.15) is 9.67 Å². The van der Waals surface area contributed by atoms with Gasteiger partial charge in [0.2, 0.25) is 0 Å². The van der Waals surface area contributed by atoms with Crippen molar-refractivity contribution in [2.45, 2.75) is 0 Å².